The Kier molecular flexibility index (Phi) is 6.63. The van der Waals surface area contributed by atoms with Crippen molar-refractivity contribution in [2.24, 2.45) is 0 Å². The van der Waals surface area contributed by atoms with Crippen molar-refractivity contribution in [1.82, 2.24) is 9.55 Å². The van der Waals surface area contributed by atoms with E-state index in [-0.39, 0.29) is 29.0 Å². The van der Waals surface area contributed by atoms with Crippen LogP contribution >= 0.6 is 0 Å². The number of aromatic hydroxyl groups is 2. The summed E-state index contributed by atoms with van der Waals surface area (Å²) in [7, 11) is 1.30. The summed E-state index contributed by atoms with van der Waals surface area (Å²) in [4.78, 5) is 30.5. The average molecular weight is 459 g/mol. The Morgan fingerprint density at radius 1 is 1.09 bits per heavy atom. The van der Waals surface area contributed by atoms with E-state index < -0.39 is 11.9 Å². The molecule has 2 aromatic carbocycles. The van der Waals surface area contributed by atoms with Crippen LogP contribution in [0.4, 0.5) is 0 Å². The normalized spacial score (nSPS) is 11.9. The number of hydrogen-bond acceptors (Lipinski definition) is 6. The summed E-state index contributed by atoms with van der Waals surface area (Å²) in [5.74, 6) is -1.17. The van der Waals surface area contributed by atoms with Gasteiger partial charge in [0.15, 0.2) is 0 Å². The minimum atomic E-state index is -0.714. The van der Waals surface area contributed by atoms with Crippen LogP contribution in [0.5, 0.6) is 11.5 Å². The van der Waals surface area contributed by atoms with Gasteiger partial charge in [0.1, 0.15) is 11.5 Å². The molecule has 7 heteroatoms. The van der Waals surface area contributed by atoms with Crippen molar-refractivity contribution in [2.45, 2.75) is 32.2 Å². The van der Waals surface area contributed by atoms with Crippen molar-refractivity contribution in [3.8, 4) is 11.5 Å². The third kappa shape index (κ3) is 4.64. The van der Waals surface area contributed by atoms with Gasteiger partial charge in [-0.25, -0.2) is 0 Å². The van der Waals surface area contributed by atoms with Crippen LogP contribution in [0.15, 0.2) is 71.7 Å². The van der Waals surface area contributed by atoms with Crippen molar-refractivity contribution in [3.05, 3.63) is 99.6 Å². The van der Waals surface area contributed by atoms with Gasteiger partial charge in [-0.2, -0.15) is 0 Å². The number of methoxy groups -OCH3 is 1. The maximum atomic E-state index is 13.7. The summed E-state index contributed by atoms with van der Waals surface area (Å²) in [6.45, 7) is 2.14. The van der Waals surface area contributed by atoms with E-state index in [1.54, 1.807) is 54.1 Å². The van der Waals surface area contributed by atoms with E-state index in [1.807, 2.05) is 24.3 Å². The quantitative estimate of drug-likeness (QED) is 0.405. The first-order valence-corrected chi connectivity index (χ1v) is 11.0. The lowest BCUT2D eigenvalue weighted by Gasteiger charge is -2.21. The van der Waals surface area contributed by atoms with Crippen molar-refractivity contribution < 1.29 is 19.7 Å². The molecular weight excluding hydrogens is 432 g/mol. The molecule has 2 aromatic heterocycles. The molecule has 0 aliphatic heterocycles. The number of carbonyl (C=O) groups excluding carboxylic acids is 1. The number of aromatic nitrogens is 2. The maximum Gasteiger partial charge on any atom is 0.306 e. The number of esters is 1. The van der Waals surface area contributed by atoms with Gasteiger partial charge in [0, 0.05) is 29.7 Å². The van der Waals surface area contributed by atoms with Crippen LogP contribution in [0.25, 0.3) is 10.9 Å². The van der Waals surface area contributed by atoms with Crippen LogP contribution in [-0.2, 0) is 22.5 Å². The van der Waals surface area contributed by atoms with Crippen molar-refractivity contribution in [3.63, 3.8) is 0 Å². The number of nitrogens with zero attached hydrogens (tertiary/aromatic N) is 2. The van der Waals surface area contributed by atoms with Crippen LogP contribution in [-0.4, -0.2) is 32.8 Å². The Labute approximate surface area is 196 Å². The predicted octanol–water partition coefficient (Wildman–Crippen LogP) is 4.05. The van der Waals surface area contributed by atoms with Gasteiger partial charge >= 0.3 is 5.97 Å². The summed E-state index contributed by atoms with van der Waals surface area (Å²) in [6.07, 6.45) is 2.09. The van der Waals surface area contributed by atoms with Crippen molar-refractivity contribution in [2.75, 3.05) is 7.11 Å². The van der Waals surface area contributed by atoms with E-state index >= 15 is 0 Å². The third-order valence-corrected chi connectivity index (χ3v) is 6.09. The maximum absolute atomic E-state index is 13.7. The number of pyridine rings is 2. The summed E-state index contributed by atoms with van der Waals surface area (Å²) in [5, 5.41) is 21.2. The third-order valence-electron chi connectivity index (χ3n) is 6.09. The lowest BCUT2D eigenvalue weighted by atomic mass is 9.86. The highest BCUT2D eigenvalue weighted by molar-refractivity contribution is 5.84. The monoisotopic (exact) mass is 458 g/mol. The smallest absolute Gasteiger partial charge is 0.306 e. The van der Waals surface area contributed by atoms with E-state index in [9.17, 15) is 19.8 Å². The second kappa shape index (κ2) is 9.79. The Morgan fingerprint density at radius 2 is 1.82 bits per heavy atom. The lowest BCUT2D eigenvalue weighted by molar-refractivity contribution is -0.140. The van der Waals surface area contributed by atoms with Crippen LogP contribution < -0.4 is 5.56 Å². The molecule has 1 atom stereocenters. The zero-order valence-corrected chi connectivity index (χ0v) is 19.1. The number of aryl methyl sites for hydroxylation is 2. The van der Waals surface area contributed by atoms with Crippen LogP contribution in [0, 0.1) is 6.92 Å². The molecule has 2 heterocycles. The number of phenolic OH excluding ortho intramolecular Hbond substituents is 1. The van der Waals surface area contributed by atoms with Gasteiger partial charge in [-0.15, -0.1) is 0 Å². The van der Waals surface area contributed by atoms with E-state index in [0.29, 0.717) is 18.7 Å². The highest BCUT2D eigenvalue weighted by atomic mass is 16.5. The fourth-order valence-corrected chi connectivity index (χ4v) is 4.32. The second-order valence-corrected chi connectivity index (χ2v) is 8.21. The highest BCUT2D eigenvalue weighted by Gasteiger charge is 2.28. The Hall–Kier alpha value is -4.13. The number of hydrogen-bond donors (Lipinski definition) is 2. The molecule has 4 rings (SSSR count). The minimum absolute atomic E-state index is 0.103. The van der Waals surface area contributed by atoms with Gasteiger partial charge < -0.3 is 19.5 Å². The molecule has 0 amide bonds. The SMILES string of the molecule is COC(=O)C[C@@H](c1c(O)cc(C)n(CCc2ccc(O)cc2)c1=O)c1ccnc2ccccc12. The molecule has 0 saturated heterocycles. The number of carbonyl (C=O) groups is 1. The number of ether oxygens (including phenoxy) is 1. The highest BCUT2D eigenvalue weighted by Crippen LogP contribution is 2.35. The molecule has 4 aromatic rings. The molecule has 0 radical (unpaired) electrons. The van der Waals surface area contributed by atoms with Gasteiger partial charge in [-0.1, -0.05) is 30.3 Å². The van der Waals surface area contributed by atoms with Gasteiger partial charge in [-0.3, -0.25) is 14.6 Å². The first-order chi connectivity index (χ1) is 16.4. The predicted molar refractivity (Wildman–Crippen MR) is 129 cm³/mol. The number of rotatable bonds is 7. The van der Waals surface area contributed by atoms with Crippen molar-refractivity contribution >= 4 is 16.9 Å². The van der Waals surface area contributed by atoms with Gasteiger partial charge in [-0.05, 0) is 54.8 Å². The zero-order chi connectivity index (χ0) is 24.2. The Balaban J connectivity index is 1.82. The van der Waals surface area contributed by atoms with E-state index in [4.69, 9.17) is 4.74 Å². The summed E-state index contributed by atoms with van der Waals surface area (Å²) in [6, 6.07) is 17.6. The largest absolute Gasteiger partial charge is 0.508 e. The number of para-hydroxylation sites is 1. The molecule has 2 N–H and O–H groups in total. The fourth-order valence-electron chi connectivity index (χ4n) is 4.32. The molecule has 0 saturated carbocycles. The molecular formula is C27H26N2O5. The zero-order valence-electron chi connectivity index (χ0n) is 19.1. The number of phenols is 1. The Bertz CT molecular complexity index is 1390. The Morgan fingerprint density at radius 3 is 2.56 bits per heavy atom. The molecule has 0 aliphatic rings. The number of benzene rings is 2. The molecule has 34 heavy (non-hydrogen) atoms. The van der Waals surface area contributed by atoms with E-state index in [2.05, 4.69) is 4.98 Å². The first kappa shape index (κ1) is 23.0. The molecule has 0 fully saturated rings. The van der Waals surface area contributed by atoms with Gasteiger partial charge in [0.2, 0.25) is 0 Å². The van der Waals surface area contributed by atoms with Crippen LogP contribution in [0.2, 0.25) is 0 Å². The molecule has 0 spiro atoms. The summed E-state index contributed by atoms with van der Waals surface area (Å²) < 4.78 is 6.53. The van der Waals surface area contributed by atoms with Crippen LogP contribution in [0.3, 0.4) is 0 Å². The molecule has 174 valence electrons. The molecule has 0 unspecified atom stereocenters. The van der Waals surface area contributed by atoms with E-state index in [1.165, 1.54) is 7.11 Å². The van der Waals surface area contributed by atoms with Gasteiger partial charge in [0.25, 0.3) is 5.56 Å². The van der Waals surface area contributed by atoms with E-state index in [0.717, 1.165) is 22.0 Å². The second-order valence-electron chi connectivity index (χ2n) is 8.21. The standard InChI is InChI=1S/C27H26N2O5/c1-17-15-24(31)26(27(33)29(17)14-12-18-7-9-19(30)10-8-18)22(16-25(32)34-2)20-11-13-28-23-6-4-3-5-21(20)23/h3-11,13,15,22,30-31H,12,14,16H2,1-2H3/t22-/m1/s1. The summed E-state index contributed by atoms with van der Waals surface area (Å²) in [5.41, 5.74) is 2.82. The molecule has 0 aliphatic carbocycles. The average Bonchev–Trinajstić information content (AvgIpc) is 2.83. The first-order valence-electron chi connectivity index (χ1n) is 11.0. The van der Waals surface area contributed by atoms with Gasteiger partial charge in [0.05, 0.1) is 24.6 Å². The number of fused-ring (bicyclic) bond motifs is 1. The molecule has 0 bridgehead atoms. The summed E-state index contributed by atoms with van der Waals surface area (Å²) >= 11 is 0. The van der Waals surface area contributed by atoms with Crippen LogP contribution in [0.1, 0.15) is 34.7 Å². The van der Waals surface area contributed by atoms with Crippen molar-refractivity contribution in [1.29, 1.82) is 0 Å². The fraction of sp³-hybridized carbons (Fsp3) is 0.222. The lowest BCUT2D eigenvalue weighted by Crippen LogP contribution is -2.29. The minimum Gasteiger partial charge on any atom is -0.508 e. The molecule has 7 nitrogen and oxygen atoms in total. The topological polar surface area (TPSA) is 102 Å².